The number of rotatable bonds is 4. The Morgan fingerprint density at radius 1 is 1.62 bits per heavy atom. The van der Waals surface area contributed by atoms with E-state index in [0.29, 0.717) is 0 Å². The van der Waals surface area contributed by atoms with Crippen molar-refractivity contribution in [2.75, 3.05) is 6.61 Å². The molecule has 1 aromatic heterocycles. The van der Waals surface area contributed by atoms with E-state index in [9.17, 15) is 13.6 Å². The molecule has 1 heterocycles. The van der Waals surface area contributed by atoms with Gasteiger partial charge in [-0.05, 0) is 13.0 Å². The van der Waals surface area contributed by atoms with Crippen LogP contribution in [0.1, 0.15) is 35.0 Å². The molecule has 1 aromatic rings. The van der Waals surface area contributed by atoms with Crippen LogP contribution in [0.5, 0.6) is 0 Å². The average molecular weight is 230 g/mol. The van der Waals surface area contributed by atoms with Crippen molar-refractivity contribution in [3.05, 3.63) is 29.1 Å². The second kappa shape index (κ2) is 5.50. The van der Waals surface area contributed by atoms with Gasteiger partial charge in [0.05, 0.1) is 6.61 Å². The summed E-state index contributed by atoms with van der Waals surface area (Å²) in [5.41, 5.74) is 4.97. The molecule has 0 atom stereocenters. The minimum Gasteiger partial charge on any atom is -0.461 e. The summed E-state index contributed by atoms with van der Waals surface area (Å²) in [5.74, 6) is -0.731. The van der Waals surface area contributed by atoms with E-state index in [1.165, 1.54) is 0 Å². The van der Waals surface area contributed by atoms with Crippen LogP contribution in [0.25, 0.3) is 0 Å². The zero-order valence-electron chi connectivity index (χ0n) is 8.74. The number of hydrogen-bond acceptors (Lipinski definition) is 4. The number of alkyl halides is 2. The summed E-state index contributed by atoms with van der Waals surface area (Å²) in [6.45, 7) is 1.60. The van der Waals surface area contributed by atoms with Gasteiger partial charge in [-0.25, -0.2) is 18.6 Å². The van der Waals surface area contributed by atoms with Crippen LogP contribution >= 0.6 is 0 Å². The molecule has 0 radical (unpaired) electrons. The number of carbonyl (C=O) groups excluding carboxylic acids is 1. The first-order chi connectivity index (χ1) is 7.61. The molecule has 0 aliphatic heterocycles. The molecule has 0 amide bonds. The van der Waals surface area contributed by atoms with Crippen molar-refractivity contribution in [1.82, 2.24) is 4.98 Å². The lowest BCUT2D eigenvalue weighted by Crippen LogP contribution is -2.15. The summed E-state index contributed by atoms with van der Waals surface area (Å²) in [7, 11) is 0. The van der Waals surface area contributed by atoms with Crippen LogP contribution in [0.15, 0.2) is 12.3 Å². The van der Waals surface area contributed by atoms with Crippen LogP contribution in [0, 0.1) is 0 Å². The van der Waals surface area contributed by atoms with E-state index >= 15 is 0 Å². The van der Waals surface area contributed by atoms with E-state index < -0.39 is 12.4 Å². The van der Waals surface area contributed by atoms with Crippen LogP contribution in [-0.2, 0) is 11.3 Å². The maximum absolute atomic E-state index is 12.6. The van der Waals surface area contributed by atoms with Crippen LogP contribution in [-0.4, -0.2) is 17.6 Å². The number of nitrogens with two attached hydrogens (primary N) is 1. The molecule has 0 saturated heterocycles. The Bertz CT molecular complexity index is 383. The lowest BCUT2D eigenvalue weighted by Gasteiger charge is -2.10. The second-order valence-electron chi connectivity index (χ2n) is 2.95. The third-order valence-electron chi connectivity index (χ3n) is 2.00. The minimum atomic E-state index is -2.69. The zero-order chi connectivity index (χ0) is 12.1. The number of hydrogen-bond donors (Lipinski definition) is 1. The van der Waals surface area contributed by atoms with Gasteiger partial charge in [0.25, 0.3) is 6.43 Å². The Morgan fingerprint density at radius 2 is 2.31 bits per heavy atom. The molecule has 16 heavy (non-hydrogen) atoms. The van der Waals surface area contributed by atoms with E-state index in [4.69, 9.17) is 10.5 Å². The molecule has 0 aromatic carbocycles. The number of halogens is 2. The van der Waals surface area contributed by atoms with Gasteiger partial charge in [0.1, 0.15) is 0 Å². The summed E-state index contributed by atoms with van der Waals surface area (Å²) >= 11 is 0. The largest absolute Gasteiger partial charge is 0.461 e. The molecule has 0 spiro atoms. The van der Waals surface area contributed by atoms with E-state index in [1.807, 2.05) is 0 Å². The topological polar surface area (TPSA) is 65.2 Å². The highest BCUT2D eigenvalue weighted by Crippen LogP contribution is 2.24. The molecule has 6 heteroatoms. The fourth-order valence-electron chi connectivity index (χ4n) is 1.30. The molecular formula is C10H12F2N2O2. The summed E-state index contributed by atoms with van der Waals surface area (Å²) < 4.78 is 29.9. The van der Waals surface area contributed by atoms with Crippen molar-refractivity contribution >= 4 is 5.97 Å². The van der Waals surface area contributed by atoms with E-state index in [1.54, 1.807) is 6.92 Å². The summed E-state index contributed by atoms with van der Waals surface area (Å²) in [5, 5.41) is 0. The van der Waals surface area contributed by atoms with Gasteiger partial charge in [0.2, 0.25) is 0 Å². The number of nitrogens with zero attached hydrogens (tertiary/aromatic N) is 1. The third kappa shape index (κ3) is 2.52. The maximum Gasteiger partial charge on any atom is 0.357 e. The lowest BCUT2D eigenvalue weighted by molar-refractivity contribution is 0.0517. The molecule has 0 bridgehead atoms. The van der Waals surface area contributed by atoms with Crippen molar-refractivity contribution < 1.29 is 18.3 Å². The number of esters is 1. The van der Waals surface area contributed by atoms with Crippen molar-refractivity contribution in [2.45, 2.75) is 19.9 Å². The molecule has 4 nitrogen and oxygen atoms in total. The maximum atomic E-state index is 12.6. The highest BCUT2D eigenvalue weighted by atomic mass is 19.3. The normalized spacial score (nSPS) is 10.6. The van der Waals surface area contributed by atoms with E-state index in [-0.39, 0.29) is 30.0 Å². The predicted molar refractivity (Wildman–Crippen MR) is 53.0 cm³/mol. The highest BCUT2D eigenvalue weighted by molar-refractivity contribution is 5.89. The third-order valence-corrected chi connectivity index (χ3v) is 2.00. The molecule has 88 valence electrons. The minimum absolute atomic E-state index is 0.0379. The second-order valence-corrected chi connectivity index (χ2v) is 2.95. The molecular weight excluding hydrogens is 218 g/mol. The van der Waals surface area contributed by atoms with Gasteiger partial charge >= 0.3 is 5.97 Å². The highest BCUT2D eigenvalue weighted by Gasteiger charge is 2.20. The van der Waals surface area contributed by atoms with Gasteiger partial charge in [0, 0.05) is 23.9 Å². The van der Waals surface area contributed by atoms with Crippen molar-refractivity contribution in [3.8, 4) is 0 Å². The first kappa shape index (κ1) is 12.5. The zero-order valence-corrected chi connectivity index (χ0v) is 8.74. The molecule has 0 saturated carbocycles. The van der Waals surface area contributed by atoms with Gasteiger partial charge in [-0.1, -0.05) is 0 Å². The molecule has 0 fully saturated rings. The Labute approximate surface area is 91.4 Å². The Kier molecular flexibility index (Phi) is 4.30. The van der Waals surface area contributed by atoms with Crippen LogP contribution in [0.2, 0.25) is 0 Å². The number of pyridine rings is 1. The number of carbonyl (C=O) groups is 1. The van der Waals surface area contributed by atoms with Crippen LogP contribution in [0.4, 0.5) is 8.78 Å². The number of aromatic nitrogens is 1. The van der Waals surface area contributed by atoms with E-state index in [2.05, 4.69) is 4.98 Å². The molecule has 0 unspecified atom stereocenters. The summed E-state index contributed by atoms with van der Waals surface area (Å²) in [6.07, 6.45) is -1.54. The van der Waals surface area contributed by atoms with E-state index in [0.717, 1.165) is 12.3 Å². The Morgan fingerprint density at radius 3 is 2.81 bits per heavy atom. The predicted octanol–water partition coefficient (Wildman–Crippen LogP) is 1.65. The van der Waals surface area contributed by atoms with Gasteiger partial charge in [0.15, 0.2) is 5.69 Å². The van der Waals surface area contributed by atoms with Gasteiger partial charge in [-0.15, -0.1) is 0 Å². The quantitative estimate of drug-likeness (QED) is 0.799. The Balaban J connectivity index is 3.18. The van der Waals surface area contributed by atoms with Gasteiger partial charge in [-0.2, -0.15) is 0 Å². The first-order valence-electron chi connectivity index (χ1n) is 4.74. The molecule has 0 aliphatic carbocycles. The van der Waals surface area contributed by atoms with Crippen LogP contribution in [0.3, 0.4) is 0 Å². The molecule has 1 rings (SSSR count). The smallest absolute Gasteiger partial charge is 0.357 e. The Hall–Kier alpha value is -1.56. The van der Waals surface area contributed by atoms with Crippen LogP contribution < -0.4 is 5.73 Å². The fraction of sp³-hybridized carbons (Fsp3) is 0.400. The molecule has 0 aliphatic rings. The average Bonchev–Trinajstić information content (AvgIpc) is 2.28. The number of ether oxygens (including phenoxy) is 1. The summed E-state index contributed by atoms with van der Waals surface area (Å²) in [6, 6.07) is 1.15. The summed E-state index contributed by atoms with van der Waals surface area (Å²) in [4.78, 5) is 15.1. The van der Waals surface area contributed by atoms with Gasteiger partial charge in [-0.3, -0.25) is 0 Å². The van der Waals surface area contributed by atoms with Gasteiger partial charge < -0.3 is 10.5 Å². The van der Waals surface area contributed by atoms with Crippen molar-refractivity contribution in [2.24, 2.45) is 5.73 Å². The first-order valence-corrected chi connectivity index (χ1v) is 4.74. The molecule has 2 N–H and O–H groups in total. The monoisotopic (exact) mass is 230 g/mol. The fourth-order valence-corrected chi connectivity index (χ4v) is 1.30. The standard InChI is InChI=1S/C10H12F2N2O2/c1-2-16-10(15)8-7(5-13)6(9(11)12)3-4-14-8/h3-4,9H,2,5,13H2,1H3. The van der Waals surface area contributed by atoms with Crippen molar-refractivity contribution in [1.29, 1.82) is 0 Å². The SMILES string of the molecule is CCOC(=O)c1nccc(C(F)F)c1CN. The van der Waals surface area contributed by atoms with Crippen molar-refractivity contribution in [3.63, 3.8) is 0 Å². The lowest BCUT2D eigenvalue weighted by atomic mass is 10.1.